The van der Waals surface area contributed by atoms with E-state index in [1.807, 2.05) is 0 Å². The predicted molar refractivity (Wildman–Crippen MR) is 78.1 cm³/mol. The Morgan fingerprint density at radius 1 is 0.941 bits per heavy atom. The van der Waals surface area contributed by atoms with Crippen LogP contribution in [0.2, 0.25) is 0 Å². The highest BCUT2D eigenvalue weighted by Gasteiger charge is 2.06. The molecule has 0 saturated carbocycles. The molecule has 1 N–H and O–H groups in total. The number of hydrogen-bond acceptors (Lipinski definition) is 1. The molecule has 17 heavy (non-hydrogen) atoms. The number of unbranched alkanes of at least 4 members (excludes halogenated alkanes) is 5. The Hall–Kier alpha value is -0.480. The summed E-state index contributed by atoms with van der Waals surface area (Å²) in [6, 6.07) is 0.728. The summed E-state index contributed by atoms with van der Waals surface area (Å²) in [4.78, 5) is 0. The van der Waals surface area contributed by atoms with Crippen molar-refractivity contribution in [3.05, 3.63) is 0 Å². The summed E-state index contributed by atoms with van der Waals surface area (Å²) in [5.74, 6) is 2.71. The van der Waals surface area contributed by atoms with Gasteiger partial charge in [0.1, 0.15) is 0 Å². The number of hydrogen-bond donors (Lipinski definition) is 1. The first-order valence-corrected chi connectivity index (χ1v) is 7.52. The molecule has 0 aromatic rings. The van der Waals surface area contributed by atoms with Gasteiger partial charge in [0.05, 0.1) is 0 Å². The minimum Gasteiger partial charge on any atom is -0.314 e. The van der Waals surface area contributed by atoms with Crippen LogP contribution >= 0.6 is 0 Å². The normalized spacial score (nSPS) is 10.7. The fraction of sp³-hybridized carbons (Fsp3) is 0.875. The van der Waals surface area contributed by atoms with E-state index in [-0.39, 0.29) is 0 Å². The van der Waals surface area contributed by atoms with Crippen molar-refractivity contribution < 1.29 is 0 Å². The second-order valence-corrected chi connectivity index (χ2v) is 4.95. The average molecular weight is 237 g/mol. The third-order valence-electron chi connectivity index (χ3n) is 3.24. The van der Waals surface area contributed by atoms with Gasteiger partial charge in [-0.25, -0.2) is 0 Å². The van der Waals surface area contributed by atoms with Gasteiger partial charge in [0, 0.05) is 12.5 Å². The van der Waals surface area contributed by atoms with E-state index in [0.717, 1.165) is 25.4 Å². The maximum absolute atomic E-state index is 5.26. The lowest BCUT2D eigenvalue weighted by molar-refractivity contribution is 0.417. The molecular weight excluding hydrogens is 206 g/mol. The van der Waals surface area contributed by atoms with Gasteiger partial charge in [-0.2, -0.15) is 0 Å². The second-order valence-electron chi connectivity index (χ2n) is 4.95. The van der Waals surface area contributed by atoms with Gasteiger partial charge in [-0.05, 0) is 25.8 Å². The van der Waals surface area contributed by atoms with Crippen LogP contribution < -0.4 is 5.32 Å². The minimum atomic E-state index is 0.728. The van der Waals surface area contributed by atoms with E-state index in [2.05, 4.69) is 25.1 Å². The Bertz CT molecular complexity index is 170. The molecule has 0 unspecified atom stereocenters. The first-order chi connectivity index (χ1) is 8.35. The molecule has 0 rings (SSSR count). The zero-order chi connectivity index (χ0) is 12.8. The highest BCUT2D eigenvalue weighted by molar-refractivity contribution is 4.83. The molecule has 0 aliphatic rings. The fourth-order valence-corrected chi connectivity index (χ4v) is 2.13. The van der Waals surface area contributed by atoms with Crippen LogP contribution in [0.1, 0.15) is 78.1 Å². The summed E-state index contributed by atoms with van der Waals surface area (Å²) in [7, 11) is 0. The lowest BCUT2D eigenvalue weighted by Gasteiger charge is -2.18. The molecule has 0 heterocycles. The Kier molecular flexibility index (Phi) is 13.2. The Morgan fingerprint density at radius 3 is 2.00 bits per heavy atom. The van der Waals surface area contributed by atoms with Crippen molar-refractivity contribution in [3.8, 4) is 12.3 Å². The predicted octanol–water partition coefficient (Wildman–Crippen LogP) is 4.52. The smallest absolute Gasteiger partial charge is 0.00981 e. The van der Waals surface area contributed by atoms with E-state index in [1.54, 1.807) is 0 Å². The van der Waals surface area contributed by atoms with Crippen LogP contribution in [0.15, 0.2) is 0 Å². The van der Waals surface area contributed by atoms with Gasteiger partial charge in [-0.1, -0.05) is 52.4 Å². The SMILES string of the molecule is C#CCCCNC(CCCCC)CCCCC. The van der Waals surface area contributed by atoms with E-state index in [0.29, 0.717) is 0 Å². The van der Waals surface area contributed by atoms with Gasteiger partial charge < -0.3 is 5.32 Å². The molecule has 0 atom stereocenters. The largest absolute Gasteiger partial charge is 0.314 e. The summed E-state index contributed by atoms with van der Waals surface area (Å²) in [6.45, 7) is 5.63. The molecule has 0 saturated heterocycles. The van der Waals surface area contributed by atoms with Crippen molar-refractivity contribution in [3.63, 3.8) is 0 Å². The number of rotatable bonds is 12. The van der Waals surface area contributed by atoms with Crippen LogP contribution in [0.5, 0.6) is 0 Å². The van der Waals surface area contributed by atoms with E-state index < -0.39 is 0 Å². The van der Waals surface area contributed by atoms with Crippen molar-refractivity contribution >= 4 is 0 Å². The summed E-state index contributed by atoms with van der Waals surface area (Å²) >= 11 is 0. The average Bonchev–Trinajstić information content (AvgIpc) is 2.34. The molecule has 0 fully saturated rings. The topological polar surface area (TPSA) is 12.0 Å². The third-order valence-corrected chi connectivity index (χ3v) is 3.24. The monoisotopic (exact) mass is 237 g/mol. The van der Waals surface area contributed by atoms with E-state index in [9.17, 15) is 0 Å². The first kappa shape index (κ1) is 16.5. The van der Waals surface area contributed by atoms with Crippen molar-refractivity contribution in [2.24, 2.45) is 0 Å². The van der Waals surface area contributed by atoms with E-state index in [1.165, 1.54) is 51.4 Å². The van der Waals surface area contributed by atoms with Gasteiger partial charge in [-0.3, -0.25) is 0 Å². The van der Waals surface area contributed by atoms with Crippen LogP contribution in [-0.2, 0) is 0 Å². The standard InChI is InChI=1S/C16H31N/c1-4-7-10-13-16(14-11-8-5-2)17-15-12-9-6-3/h3,16-17H,4-5,7-15H2,1-2H3. The highest BCUT2D eigenvalue weighted by atomic mass is 14.9. The van der Waals surface area contributed by atoms with E-state index >= 15 is 0 Å². The van der Waals surface area contributed by atoms with E-state index in [4.69, 9.17) is 6.42 Å². The third kappa shape index (κ3) is 11.8. The zero-order valence-corrected chi connectivity index (χ0v) is 11.9. The Labute approximate surface area is 109 Å². The molecule has 0 aliphatic heterocycles. The maximum atomic E-state index is 5.26. The zero-order valence-electron chi connectivity index (χ0n) is 11.9. The molecule has 0 spiro atoms. The van der Waals surface area contributed by atoms with Gasteiger partial charge in [-0.15, -0.1) is 12.3 Å². The maximum Gasteiger partial charge on any atom is 0.00981 e. The van der Waals surface area contributed by atoms with Gasteiger partial charge in [0.15, 0.2) is 0 Å². The fourth-order valence-electron chi connectivity index (χ4n) is 2.13. The molecule has 0 bridgehead atoms. The summed E-state index contributed by atoms with van der Waals surface area (Å²) in [5, 5.41) is 3.68. The number of terminal acetylenes is 1. The number of nitrogens with one attached hydrogen (secondary N) is 1. The summed E-state index contributed by atoms with van der Waals surface area (Å²) < 4.78 is 0. The van der Waals surface area contributed by atoms with Gasteiger partial charge >= 0.3 is 0 Å². The van der Waals surface area contributed by atoms with Gasteiger partial charge in [0.2, 0.25) is 0 Å². The van der Waals surface area contributed by atoms with Crippen LogP contribution in [0.3, 0.4) is 0 Å². The minimum absolute atomic E-state index is 0.728. The molecule has 0 aromatic heterocycles. The molecule has 0 radical (unpaired) electrons. The molecule has 1 heteroatoms. The first-order valence-electron chi connectivity index (χ1n) is 7.52. The molecule has 1 nitrogen and oxygen atoms in total. The summed E-state index contributed by atoms with van der Waals surface area (Å²) in [6.07, 6.45) is 18.1. The van der Waals surface area contributed by atoms with Crippen molar-refractivity contribution in [2.75, 3.05) is 6.54 Å². The van der Waals surface area contributed by atoms with Crippen LogP contribution in [0.25, 0.3) is 0 Å². The molecule has 0 aromatic carbocycles. The molecular formula is C16H31N. The Balaban J connectivity index is 3.64. The second kappa shape index (κ2) is 13.6. The van der Waals surface area contributed by atoms with Crippen molar-refractivity contribution in [1.82, 2.24) is 5.32 Å². The highest BCUT2D eigenvalue weighted by Crippen LogP contribution is 2.11. The molecule has 0 aliphatic carbocycles. The summed E-state index contributed by atoms with van der Waals surface area (Å²) in [5.41, 5.74) is 0. The van der Waals surface area contributed by atoms with Crippen LogP contribution in [0.4, 0.5) is 0 Å². The Morgan fingerprint density at radius 2 is 1.53 bits per heavy atom. The van der Waals surface area contributed by atoms with Gasteiger partial charge in [0.25, 0.3) is 0 Å². The lowest BCUT2D eigenvalue weighted by Crippen LogP contribution is -2.30. The van der Waals surface area contributed by atoms with Crippen molar-refractivity contribution in [1.29, 1.82) is 0 Å². The quantitative estimate of drug-likeness (QED) is 0.389. The van der Waals surface area contributed by atoms with Crippen LogP contribution in [0, 0.1) is 12.3 Å². The van der Waals surface area contributed by atoms with Crippen LogP contribution in [-0.4, -0.2) is 12.6 Å². The molecule has 100 valence electrons. The molecule has 0 amide bonds. The lowest BCUT2D eigenvalue weighted by atomic mass is 10.0. The van der Waals surface area contributed by atoms with Crippen molar-refractivity contribution in [2.45, 2.75) is 84.1 Å².